The minimum absolute atomic E-state index is 0.167. The van der Waals surface area contributed by atoms with Gasteiger partial charge in [-0.25, -0.2) is 4.39 Å². The van der Waals surface area contributed by atoms with Gasteiger partial charge in [-0.2, -0.15) is 0 Å². The van der Waals surface area contributed by atoms with Gasteiger partial charge in [0.1, 0.15) is 6.17 Å². The van der Waals surface area contributed by atoms with E-state index in [1.807, 2.05) is 0 Å². The summed E-state index contributed by atoms with van der Waals surface area (Å²) in [5.41, 5.74) is 0.634. The molecule has 1 aliphatic heterocycles. The minimum atomic E-state index is -0.997. The summed E-state index contributed by atoms with van der Waals surface area (Å²) < 4.78 is 24.2. The van der Waals surface area contributed by atoms with E-state index in [1.54, 1.807) is 31.9 Å². The number of anilines is 1. The predicted octanol–water partition coefficient (Wildman–Crippen LogP) is 1.36. The van der Waals surface area contributed by atoms with Crippen LogP contribution in [0.15, 0.2) is 15.0 Å². The number of aromatic nitrogens is 3. The monoisotopic (exact) mass is 323 g/mol. The van der Waals surface area contributed by atoms with Crippen LogP contribution in [0, 0.1) is 13.8 Å². The smallest absolute Gasteiger partial charge is 0.318 e. The highest BCUT2D eigenvalue weighted by atomic mass is 19.1. The summed E-state index contributed by atoms with van der Waals surface area (Å²) in [6, 6.07) is 1.62. The van der Waals surface area contributed by atoms with Gasteiger partial charge in [-0.1, -0.05) is 10.3 Å². The molecule has 2 atom stereocenters. The maximum atomic E-state index is 13.8. The second-order valence-corrected chi connectivity index (χ2v) is 5.76. The summed E-state index contributed by atoms with van der Waals surface area (Å²) in [7, 11) is 1.64. The van der Waals surface area contributed by atoms with Gasteiger partial charge in [-0.3, -0.25) is 4.79 Å². The minimum Gasteiger partial charge on any atom is -0.408 e. The molecule has 0 bridgehead atoms. The van der Waals surface area contributed by atoms with Gasteiger partial charge in [0.05, 0.1) is 18.3 Å². The Kier molecular flexibility index (Phi) is 4.01. The van der Waals surface area contributed by atoms with E-state index in [9.17, 15) is 9.18 Å². The molecule has 0 radical (unpaired) electrons. The van der Waals surface area contributed by atoms with Gasteiger partial charge in [0.15, 0.2) is 0 Å². The fourth-order valence-corrected chi connectivity index (χ4v) is 2.72. The number of amides is 1. The molecule has 0 aromatic carbocycles. The maximum absolute atomic E-state index is 13.8. The summed E-state index contributed by atoms with van der Waals surface area (Å²) in [6.07, 6.45) is -0.697. The molecule has 2 aromatic heterocycles. The number of hydrogen-bond acceptors (Lipinski definition) is 7. The zero-order valence-corrected chi connectivity index (χ0v) is 13.2. The molecule has 1 saturated heterocycles. The molecule has 0 spiro atoms. The number of alkyl halides is 1. The van der Waals surface area contributed by atoms with E-state index < -0.39 is 6.17 Å². The predicted molar refractivity (Wildman–Crippen MR) is 77.9 cm³/mol. The lowest BCUT2D eigenvalue weighted by molar-refractivity contribution is 0.0744. The first-order valence-electron chi connectivity index (χ1n) is 7.33. The molecule has 1 fully saturated rings. The topological polar surface area (TPSA) is 88.5 Å². The van der Waals surface area contributed by atoms with E-state index in [2.05, 4.69) is 15.4 Å². The quantitative estimate of drug-likeness (QED) is 0.839. The summed E-state index contributed by atoms with van der Waals surface area (Å²) in [5, 5.41) is 11.4. The van der Waals surface area contributed by atoms with Crippen molar-refractivity contribution >= 4 is 11.9 Å². The van der Waals surface area contributed by atoms with Crippen LogP contribution in [0.2, 0.25) is 0 Å². The van der Waals surface area contributed by atoms with Gasteiger partial charge in [-0.05, 0) is 6.92 Å². The molecule has 0 unspecified atom stereocenters. The van der Waals surface area contributed by atoms with E-state index in [-0.39, 0.29) is 30.3 Å². The normalized spacial score (nSPS) is 21.0. The van der Waals surface area contributed by atoms with Crippen molar-refractivity contribution in [2.45, 2.75) is 32.5 Å². The average Bonchev–Trinajstić information content (AvgIpc) is 3.19. The standard InChI is InChI=1S/C14H18FN5O3/c1-8-4-12(23-18-8)13(21)19(3)7-11-5-10(15)6-20(11)14-17-16-9(2)22-14/h4,10-11H,5-7H2,1-3H3/t10-,11-/m0/s1. The van der Waals surface area contributed by atoms with E-state index in [1.165, 1.54) is 4.90 Å². The van der Waals surface area contributed by atoms with Gasteiger partial charge >= 0.3 is 6.01 Å². The molecule has 0 aliphatic carbocycles. The average molecular weight is 323 g/mol. The molecule has 1 amide bonds. The molecule has 0 saturated carbocycles. The van der Waals surface area contributed by atoms with Crippen molar-refractivity contribution in [3.05, 3.63) is 23.4 Å². The fraction of sp³-hybridized carbons (Fsp3) is 0.571. The Morgan fingerprint density at radius 1 is 1.48 bits per heavy atom. The lowest BCUT2D eigenvalue weighted by atomic mass is 10.2. The van der Waals surface area contributed by atoms with Gasteiger partial charge in [0, 0.05) is 33.0 Å². The summed E-state index contributed by atoms with van der Waals surface area (Å²) in [6.45, 7) is 3.91. The third-order valence-corrected chi connectivity index (χ3v) is 3.79. The Labute approximate surface area is 132 Å². The molecule has 1 aliphatic rings. The van der Waals surface area contributed by atoms with Crippen LogP contribution in [0.3, 0.4) is 0 Å². The first-order chi connectivity index (χ1) is 10.9. The number of hydrogen-bond donors (Lipinski definition) is 0. The lowest BCUT2D eigenvalue weighted by Gasteiger charge is -2.26. The van der Waals surface area contributed by atoms with Crippen LogP contribution in [0.25, 0.3) is 0 Å². The first-order valence-corrected chi connectivity index (χ1v) is 7.33. The molecule has 9 heteroatoms. The molecule has 23 heavy (non-hydrogen) atoms. The van der Waals surface area contributed by atoms with E-state index in [4.69, 9.17) is 8.94 Å². The van der Waals surface area contributed by atoms with Crippen LogP contribution in [-0.4, -0.2) is 58.5 Å². The number of likely N-dealkylation sites (N-methyl/N-ethyl adjacent to an activating group) is 1. The van der Waals surface area contributed by atoms with Gasteiger partial charge in [-0.15, -0.1) is 5.10 Å². The zero-order valence-electron chi connectivity index (χ0n) is 13.2. The third kappa shape index (κ3) is 3.17. The molecular formula is C14H18FN5O3. The second-order valence-electron chi connectivity index (χ2n) is 5.76. The highest BCUT2D eigenvalue weighted by Crippen LogP contribution is 2.27. The molecule has 3 heterocycles. The molecule has 2 aromatic rings. The number of halogens is 1. The maximum Gasteiger partial charge on any atom is 0.318 e. The fourth-order valence-electron chi connectivity index (χ4n) is 2.72. The summed E-state index contributed by atoms with van der Waals surface area (Å²) in [4.78, 5) is 15.5. The van der Waals surface area contributed by atoms with Gasteiger partial charge < -0.3 is 18.7 Å². The Morgan fingerprint density at radius 2 is 2.26 bits per heavy atom. The Morgan fingerprint density at radius 3 is 2.87 bits per heavy atom. The van der Waals surface area contributed by atoms with Crippen molar-refractivity contribution in [3.63, 3.8) is 0 Å². The van der Waals surface area contributed by atoms with Crippen LogP contribution in [0.5, 0.6) is 0 Å². The van der Waals surface area contributed by atoms with E-state index >= 15 is 0 Å². The van der Waals surface area contributed by atoms with Crippen LogP contribution in [-0.2, 0) is 0 Å². The van der Waals surface area contributed by atoms with Gasteiger partial charge in [0.2, 0.25) is 11.7 Å². The SMILES string of the molecule is Cc1cc(C(=O)N(C)C[C@@H]2C[C@H](F)CN2c2nnc(C)o2)on1. The van der Waals surface area contributed by atoms with Crippen LogP contribution in [0.1, 0.15) is 28.6 Å². The molecule has 124 valence electrons. The Hall–Kier alpha value is -2.45. The summed E-state index contributed by atoms with van der Waals surface area (Å²) in [5.74, 6) is 0.289. The number of carbonyl (C=O) groups is 1. The van der Waals surface area contributed by atoms with Gasteiger partial charge in [0.25, 0.3) is 5.91 Å². The molecule has 8 nitrogen and oxygen atoms in total. The third-order valence-electron chi connectivity index (χ3n) is 3.79. The first kappa shape index (κ1) is 15.4. The van der Waals surface area contributed by atoms with Crippen molar-refractivity contribution in [2.24, 2.45) is 0 Å². The zero-order chi connectivity index (χ0) is 16.6. The van der Waals surface area contributed by atoms with Crippen molar-refractivity contribution < 1.29 is 18.1 Å². The second kappa shape index (κ2) is 5.98. The summed E-state index contributed by atoms with van der Waals surface area (Å²) >= 11 is 0. The van der Waals surface area contributed by atoms with Crippen molar-refractivity contribution in [1.29, 1.82) is 0 Å². The Balaban J connectivity index is 1.71. The number of rotatable bonds is 4. The van der Waals surface area contributed by atoms with Crippen molar-refractivity contribution in [1.82, 2.24) is 20.3 Å². The lowest BCUT2D eigenvalue weighted by Crippen LogP contribution is -2.41. The molecule has 0 N–H and O–H groups in total. The Bertz CT molecular complexity index is 700. The highest BCUT2D eigenvalue weighted by Gasteiger charge is 2.36. The van der Waals surface area contributed by atoms with Crippen LogP contribution in [0.4, 0.5) is 10.4 Å². The van der Waals surface area contributed by atoms with E-state index in [0.29, 0.717) is 24.6 Å². The van der Waals surface area contributed by atoms with Crippen molar-refractivity contribution in [2.75, 3.05) is 25.0 Å². The van der Waals surface area contributed by atoms with Crippen molar-refractivity contribution in [3.8, 4) is 0 Å². The van der Waals surface area contributed by atoms with Crippen LogP contribution >= 0.6 is 0 Å². The number of nitrogens with zero attached hydrogens (tertiary/aromatic N) is 5. The highest BCUT2D eigenvalue weighted by molar-refractivity contribution is 5.91. The van der Waals surface area contributed by atoms with E-state index in [0.717, 1.165) is 0 Å². The molecular weight excluding hydrogens is 305 g/mol. The largest absolute Gasteiger partial charge is 0.408 e. The molecule has 3 rings (SSSR count). The number of aryl methyl sites for hydroxylation is 2. The van der Waals surface area contributed by atoms with Crippen LogP contribution < -0.4 is 4.90 Å². The number of carbonyl (C=O) groups excluding carboxylic acids is 1.